The van der Waals surface area contributed by atoms with E-state index in [0.29, 0.717) is 41.0 Å². The average Bonchev–Trinajstić information content (AvgIpc) is 2.87. The summed E-state index contributed by atoms with van der Waals surface area (Å²) in [6, 6.07) is 3.24. The summed E-state index contributed by atoms with van der Waals surface area (Å²) in [5.41, 5.74) is 1.04. The van der Waals surface area contributed by atoms with Crippen LogP contribution in [0, 0.1) is 0 Å². The normalized spacial score (nSPS) is 13.6. The van der Waals surface area contributed by atoms with Gasteiger partial charge in [0.2, 0.25) is 0 Å². The number of carbonyl (C=O) groups excluding carboxylic acids is 1. The second kappa shape index (κ2) is 7.76. The summed E-state index contributed by atoms with van der Waals surface area (Å²) < 4.78 is 13.0. The molecule has 0 atom stereocenters. The number of nitrogens with zero attached hydrogens (tertiary/aromatic N) is 3. The molecule has 0 bridgehead atoms. The Balaban J connectivity index is 1.71. The number of nitrogens with one attached hydrogen (secondary N) is 1. The van der Waals surface area contributed by atoms with Crippen LogP contribution in [0.2, 0.25) is 5.02 Å². The summed E-state index contributed by atoms with van der Waals surface area (Å²) in [5, 5.41) is 7.43. The van der Waals surface area contributed by atoms with Gasteiger partial charge in [-0.05, 0) is 26.2 Å². The fourth-order valence-corrected chi connectivity index (χ4v) is 2.68. The maximum absolute atomic E-state index is 12.5. The minimum Gasteiger partial charge on any atom is -0.489 e. The summed E-state index contributed by atoms with van der Waals surface area (Å²) >= 11 is 6.24. The van der Waals surface area contributed by atoms with Crippen molar-refractivity contribution in [2.75, 3.05) is 39.2 Å². The zero-order valence-corrected chi connectivity index (χ0v) is 15.0. The number of rotatable bonds is 5. The number of likely N-dealkylation sites (N-methyl/N-ethyl adjacent to an activating group) is 1. The van der Waals surface area contributed by atoms with E-state index < -0.39 is 0 Å². The standard InChI is InChI=1S/C17H21ClN4O3/c1-21(2)4-5-22-11-13(10-19-22)20-17(23)12-8-14(18)16-15(9-12)24-6-3-7-25-16/h8-11H,3-7H2,1-2H3,(H,20,23). The maximum atomic E-state index is 12.5. The van der Waals surface area contributed by atoms with E-state index in [4.69, 9.17) is 21.1 Å². The predicted molar refractivity (Wildman–Crippen MR) is 95.8 cm³/mol. The van der Waals surface area contributed by atoms with E-state index in [9.17, 15) is 4.79 Å². The third-order valence-electron chi connectivity index (χ3n) is 3.73. The van der Waals surface area contributed by atoms with Gasteiger partial charge in [-0.15, -0.1) is 0 Å². The summed E-state index contributed by atoms with van der Waals surface area (Å²) in [5.74, 6) is 0.716. The van der Waals surface area contributed by atoms with Crippen LogP contribution in [0.1, 0.15) is 16.8 Å². The zero-order valence-electron chi connectivity index (χ0n) is 14.3. The molecule has 25 heavy (non-hydrogen) atoms. The first-order chi connectivity index (χ1) is 12.0. The largest absolute Gasteiger partial charge is 0.489 e. The molecule has 2 heterocycles. The minimum absolute atomic E-state index is 0.273. The lowest BCUT2D eigenvalue weighted by Gasteiger charge is -2.11. The highest BCUT2D eigenvalue weighted by Gasteiger charge is 2.18. The number of benzene rings is 1. The molecule has 1 amide bonds. The van der Waals surface area contributed by atoms with Crippen molar-refractivity contribution in [2.45, 2.75) is 13.0 Å². The predicted octanol–water partition coefficient (Wildman–Crippen LogP) is 2.51. The lowest BCUT2D eigenvalue weighted by Crippen LogP contribution is -2.18. The fraction of sp³-hybridized carbons (Fsp3) is 0.412. The lowest BCUT2D eigenvalue weighted by molar-refractivity contribution is 0.102. The first kappa shape index (κ1) is 17.6. The van der Waals surface area contributed by atoms with Gasteiger partial charge in [0.15, 0.2) is 11.5 Å². The molecule has 0 fully saturated rings. The Kier molecular flexibility index (Phi) is 5.45. The number of halogens is 1. The van der Waals surface area contributed by atoms with E-state index in [2.05, 4.69) is 15.3 Å². The monoisotopic (exact) mass is 364 g/mol. The minimum atomic E-state index is -0.273. The van der Waals surface area contributed by atoms with Gasteiger partial charge in [-0.2, -0.15) is 5.10 Å². The molecule has 1 N–H and O–H groups in total. The Hall–Kier alpha value is -2.25. The topological polar surface area (TPSA) is 68.6 Å². The first-order valence-corrected chi connectivity index (χ1v) is 8.48. The lowest BCUT2D eigenvalue weighted by atomic mass is 10.2. The number of hydrogen-bond acceptors (Lipinski definition) is 5. The third-order valence-corrected chi connectivity index (χ3v) is 4.01. The van der Waals surface area contributed by atoms with Crippen LogP contribution in [-0.4, -0.2) is 54.4 Å². The first-order valence-electron chi connectivity index (χ1n) is 8.10. The second-order valence-corrected chi connectivity index (χ2v) is 6.49. The van der Waals surface area contributed by atoms with Gasteiger partial charge in [-0.1, -0.05) is 11.6 Å². The van der Waals surface area contributed by atoms with Crippen LogP contribution in [0.5, 0.6) is 11.5 Å². The number of hydrogen-bond donors (Lipinski definition) is 1. The molecule has 2 aromatic rings. The van der Waals surface area contributed by atoms with Crippen molar-refractivity contribution >= 4 is 23.2 Å². The summed E-state index contributed by atoms with van der Waals surface area (Å²) in [6.07, 6.45) is 4.20. The molecule has 0 saturated carbocycles. The Bertz CT molecular complexity index is 760. The molecule has 0 saturated heterocycles. The van der Waals surface area contributed by atoms with Crippen LogP contribution >= 0.6 is 11.6 Å². The molecule has 7 nitrogen and oxygen atoms in total. The highest BCUT2D eigenvalue weighted by atomic mass is 35.5. The quantitative estimate of drug-likeness (QED) is 0.882. The third kappa shape index (κ3) is 4.43. The van der Waals surface area contributed by atoms with Crippen molar-refractivity contribution < 1.29 is 14.3 Å². The van der Waals surface area contributed by atoms with E-state index in [0.717, 1.165) is 19.5 Å². The SMILES string of the molecule is CN(C)CCn1cc(NC(=O)c2cc(Cl)c3c(c2)OCCCO3)cn1. The van der Waals surface area contributed by atoms with Crippen LogP contribution in [0.25, 0.3) is 0 Å². The van der Waals surface area contributed by atoms with Gasteiger partial charge in [-0.25, -0.2) is 0 Å². The van der Waals surface area contributed by atoms with Crippen LogP contribution < -0.4 is 14.8 Å². The molecule has 1 aromatic carbocycles. The van der Waals surface area contributed by atoms with Crippen molar-refractivity contribution in [3.05, 3.63) is 35.1 Å². The van der Waals surface area contributed by atoms with Gasteiger partial charge >= 0.3 is 0 Å². The zero-order chi connectivity index (χ0) is 17.8. The van der Waals surface area contributed by atoms with Crippen molar-refractivity contribution in [3.8, 4) is 11.5 Å². The number of ether oxygens (including phenoxy) is 2. The van der Waals surface area contributed by atoms with E-state index >= 15 is 0 Å². The summed E-state index contributed by atoms with van der Waals surface area (Å²) in [4.78, 5) is 14.6. The molecule has 1 aliphatic rings. The Morgan fingerprint density at radius 3 is 2.96 bits per heavy atom. The number of amides is 1. The highest BCUT2D eigenvalue weighted by molar-refractivity contribution is 6.32. The molecular formula is C17H21ClN4O3. The molecule has 134 valence electrons. The van der Waals surface area contributed by atoms with Crippen LogP contribution in [-0.2, 0) is 6.54 Å². The maximum Gasteiger partial charge on any atom is 0.255 e. The van der Waals surface area contributed by atoms with Gasteiger partial charge in [0.1, 0.15) is 0 Å². The molecule has 0 unspecified atom stereocenters. The molecule has 3 rings (SSSR count). The number of carbonyl (C=O) groups is 1. The molecule has 0 spiro atoms. The molecule has 1 aromatic heterocycles. The molecule has 0 radical (unpaired) electrons. The fourth-order valence-electron chi connectivity index (χ4n) is 2.42. The van der Waals surface area contributed by atoms with Gasteiger partial charge in [0.25, 0.3) is 5.91 Å². The second-order valence-electron chi connectivity index (χ2n) is 6.09. The van der Waals surface area contributed by atoms with Crippen LogP contribution in [0.15, 0.2) is 24.5 Å². The Morgan fingerprint density at radius 2 is 2.16 bits per heavy atom. The Labute approximate surface area is 151 Å². The number of fused-ring (bicyclic) bond motifs is 1. The van der Waals surface area contributed by atoms with Crippen LogP contribution in [0.3, 0.4) is 0 Å². The van der Waals surface area contributed by atoms with Crippen molar-refractivity contribution in [2.24, 2.45) is 0 Å². The molecule has 8 heteroatoms. The smallest absolute Gasteiger partial charge is 0.255 e. The summed E-state index contributed by atoms with van der Waals surface area (Å²) in [6.45, 7) is 2.70. The van der Waals surface area contributed by atoms with E-state index in [1.54, 1.807) is 29.2 Å². The van der Waals surface area contributed by atoms with E-state index in [-0.39, 0.29) is 5.91 Å². The Morgan fingerprint density at radius 1 is 1.36 bits per heavy atom. The molecule has 0 aliphatic carbocycles. The van der Waals surface area contributed by atoms with E-state index in [1.807, 2.05) is 14.1 Å². The molecule has 1 aliphatic heterocycles. The van der Waals surface area contributed by atoms with Gasteiger partial charge in [0.05, 0.1) is 36.7 Å². The van der Waals surface area contributed by atoms with Gasteiger partial charge in [-0.3, -0.25) is 9.48 Å². The highest BCUT2D eigenvalue weighted by Crippen LogP contribution is 2.38. The van der Waals surface area contributed by atoms with Gasteiger partial charge < -0.3 is 19.7 Å². The average molecular weight is 365 g/mol. The van der Waals surface area contributed by atoms with Crippen molar-refractivity contribution in [1.82, 2.24) is 14.7 Å². The summed E-state index contributed by atoms with van der Waals surface area (Å²) in [7, 11) is 4.00. The van der Waals surface area contributed by atoms with Gasteiger partial charge in [0, 0.05) is 24.7 Å². The van der Waals surface area contributed by atoms with Crippen molar-refractivity contribution in [1.29, 1.82) is 0 Å². The number of anilines is 1. The van der Waals surface area contributed by atoms with Crippen LogP contribution in [0.4, 0.5) is 5.69 Å². The van der Waals surface area contributed by atoms with Crippen molar-refractivity contribution in [3.63, 3.8) is 0 Å². The molecular weight excluding hydrogens is 344 g/mol. The van der Waals surface area contributed by atoms with E-state index in [1.165, 1.54) is 0 Å². The number of aromatic nitrogens is 2.